The Morgan fingerprint density at radius 2 is 2.05 bits per heavy atom. The Balaban J connectivity index is 1.17. The predicted octanol–water partition coefficient (Wildman–Crippen LogP) is 3.83. The number of hydrogen-bond acceptors (Lipinski definition) is 6. The monoisotopic (exact) mass is 584 g/mol. The average Bonchev–Trinajstić information content (AvgIpc) is 3.32. The number of piperidine rings is 2. The Morgan fingerprint density at radius 3 is 2.84 bits per heavy atom. The summed E-state index contributed by atoms with van der Waals surface area (Å²) in [5, 5.41) is 21.4. The number of aryl methyl sites for hydroxylation is 1. The number of nitrogens with one attached hydrogen (secondary N) is 3. The van der Waals surface area contributed by atoms with Gasteiger partial charge in [0, 0.05) is 54.4 Å². The summed E-state index contributed by atoms with van der Waals surface area (Å²) >= 11 is 3.53. The summed E-state index contributed by atoms with van der Waals surface area (Å²) in [5.74, 6) is 1.32. The van der Waals surface area contributed by atoms with E-state index < -0.39 is 0 Å². The van der Waals surface area contributed by atoms with Crippen LogP contribution in [-0.4, -0.2) is 69.9 Å². The molecule has 2 fully saturated rings. The number of hydrogen-bond donors (Lipinski definition) is 3. The molecular weight excluding hydrogens is 551 g/mol. The molecule has 0 saturated carbocycles. The Hall–Kier alpha value is -2.89. The Morgan fingerprint density at radius 1 is 1.21 bits per heavy atom. The second kappa shape index (κ2) is 12.3. The molecular formula is C27H34BrFN8O. The number of amides is 2. The highest BCUT2D eigenvalue weighted by Crippen LogP contribution is 2.26. The number of carbonyl (C=O) groups excluding carboxylic acids is 1. The van der Waals surface area contributed by atoms with Crippen molar-refractivity contribution in [2.24, 2.45) is 18.9 Å². The number of aromatic nitrogens is 4. The minimum Gasteiger partial charge on any atom is -0.335 e. The van der Waals surface area contributed by atoms with Gasteiger partial charge in [-0.25, -0.2) is 13.9 Å². The van der Waals surface area contributed by atoms with Crippen molar-refractivity contribution in [3.63, 3.8) is 0 Å². The molecule has 2 aliphatic rings. The van der Waals surface area contributed by atoms with E-state index in [9.17, 15) is 9.18 Å². The molecule has 0 spiro atoms. The number of anilines is 1. The number of carbonyl (C=O) groups is 1. The molecule has 38 heavy (non-hydrogen) atoms. The van der Waals surface area contributed by atoms with Crippen molar-refractivity contribution in [1.29, 1.82) is 0 Å². The summed E-state index contributed by atoms with van der Waals surface area (Å²) in [6.45, 7) is 4.81. The third-order valence-electron chi connectivity index (χ3n) is 7.49. The van der Waals surface area contributed by atoms with Gasteiger partial charge in [0.2, 0.25) is 0 Å². The largest absolute Gasteiger partial charge is 0.335 e. The van der Waals surface area contributed by atoms with Crippen molar-refractivity contribution in [3.05, 3.63) is 58.3 Å². The SMILES string of the molecule is Cn1nnnc1-c1cc(Br)cc(NC(=O)N[C@@H]2CCNC[C@H]2CN2CCC[C@@H](Cc3ccc(F)cc3)C2)c1. The van der Waals surface area contributed by atoms with Crippen molar-refractivity contribution in [2.75, 3.05) is 38.0 Å². The Kier molecular flexibility index (Phi) is 8.65. The van der Waals surface area contributed by atoms with E-state index in [4.69, 9.17) is 0 Å². The van der Waals surface area contributed by atoms with E-state index in [0.717, 1.165) is 62.0 Å². The van der Waals surface area contributed by atoms with Crippen LogP contribution in [0.4, 0.5) is 14.9 Å². The van der Waals surface area contributed by atoms with Gasteiger partial charge in [0.25, 0.3) is 0 Å². The van der Waals surface area contributed by atoms with E-state index in [-0.39, 0.29) is 17.9 Å². The maximum absolute atomic E-state index is 13.3. The highest BCUT2D eigenvalue weighted by atomic mass is 79.9. The van der Waals surface area contributed by atoms with Gasteiger partial charge in [-0.05, 0) is 91.0 Å². The van der Waals surface area contributed by atoms with Gasteiger partial charge in [0.15, 0.2) is 5.82 Å². The first-order valence-electron chi connectivity index (χ1n) is 13.2. The molecule has 3 N–H and O–H groups in total. The van der Waals surface area contributed by atoms with E-state index in [2.05, 4.69) is 52.3 Å². The van der Waals surface area contributed by atoms with Crippen LogP contribution in [0.5, 0.6) is 0 Å². The number of halogens is 2. The number of tetrazole rings is 1. The highest BCUT2D eigenvalue weighted by molar-refractivity contribution is 9.10. The average molecular weight is 586 g/mol. The van der Waals surface area contributed by atoms with Gasteiger partial charge in [-0.15, -0.1) is 5.10 Å². The van der Waals surface area contributed by atoms with E-state index in [1.165, 1.54) is 12.0 Å². The van der Waals surface area contributed by atoms with Crippen LogP contribution in [0.1, 0.15) is 24.8 Å². The van der Waals surface area contributed by atoms with Crippen molar-refractivity contribution in [3.8, 4) is 11.4 Å². The van der Waals surface area contributed by atoms with E-state index in [1.807, 2.05) is 30.3 Å². The molecule has 0 bridgehead atoms. The summed E-state index contributed by atoms with van der Waals surface area (Å²) in [6, 6.07) is 12.4. The molecule has 9 nitrogen and oxygen atoms in total. The molecule has 3 heterocycles. The maximum Gasteiger partial charge on any atom is 0.319 e. The van der Waals surface area contributed by atoms with Gasteiger partial charge in [-0.2, -0.15) is 0 Å². The van der Waals surface area contributed by atoms with E-state index in [0.29, 0.717) is 23.3 Å². The van der Waals surface area contributed by atoms with Crippen LogP contribution >= 0.6 is 15.9 Å². The van der Waals surface area contributed by atoms with Crippen LogP contribution in [0.25, 0.3) is 11.4 Å². The first-order valence-corrected chi connectivity index (χ1v) is 14.0. The van der Waals surface area contributed by atoms with Gasteiger partial charge in [0.1, 0.15) is 5.82 Å². The van der Waals surface area contributed by atoms with Crippen LogP contribution in [0, 0.1) is 17.7 Å². The fraction of sp³-hybridized carbons (Fsp3) is 0.481. The minimum absolute atomic E-state index is 0.0864. The van der Waals surface area contributed by atoms with E-state index in [1.54, 1.807) is 23.9 Å². The zero-order chi connectivity index (χ0) is 26.5. The summed E-state index contributed by atoms with van der Waals surface area (Å²) in [4.78, 5) is 15.6. The second-order valence-electron chi connectivity index (χ2n) is 10.4. The van der Waals surface area contributed by atoms with Gasteiger partial charge in [-0.3, -0.25) is 0 Å². The number of likely N-dealkylation sites (tertiary alicyclic amines) is 1. The van der Waals surface area contributed by atoms with Gasteiger partial charge >= 0.3 is 6.03 Å². The van der Waals surface area contributed by atoms with Crippen LogP contribution in [0.2, 0.25) is 0 Å². The third-order valence-corrected chi connectivity index (χ3v) is 7.95. The molecule has 11 heteroatoms. The molecule has 2 aromatic carbocycles. The van der Waals surface area contributed by atoms with Gasteiger partial charge in [-0.1, -0.05) is 28.1 Å². The quantitative estimate of drug-likeness (QED) is 0.390. The zero-order valence-corrected chi connectivity index (χ0v) is 23.1. The normalized spacial score (nSPS) is 22.2. The van der Waals surface area contributed by atoms with Crippen molar-refractivity contribution < 1.29 is 9.18 Å². The molecule has 2 aliphatic heterocycles. The van der Waals surface area contributed by atoms with Crippen LogP contribution in [0.15, 0.2) is 46.9 Å². The minimum atomic E-state index is -0.213. The molecule has 2 amide bonds. The van der Waals surface area contributed by atoms with Crippen LogP contribution in [0.3, 0.4) is 0 Å². The molecule has 3 aromatic rings. The smallest absolute Gasteiger partial charge is 0.319 e. The first-order chi connectivity index (χ1) is 18.4. The number of nitrogens with zero attached hydrogens (tertiary/aromatic N) is 5. The lowest BCUT2D eigenvalue weighted by molar-refractivity contribution is 0.128. The molecule has 5 rings (SSSR count). The number of benzene rings is 2. The highest BCUT2D eigenvalue weighted by Gasteiger charge is 2.30. The second-order valence-corrected chi connectivity index (χ2v) is 11.3. The molecule has 202 valence electrons. The zero-order valence-electron chi connectivity index (χ0n) is 21.5. The lowest BCUT2D eigenvalue weighted by atomic mass is 9.88. The van der Waals surface area contributed by atoms with Crippen LogP contribution in [-0.2, 0) is 13.5 Å². The molecule has 0 aliphatic carbocycles. The number of rotatable bonds is 7. The summed E-state index contributed by atoms with van der Waals surface area (Å²) < 4.78 is 15.7. The van der Waals surface area contributed by atoms with Crippen molar-refractivity contribution in [1.82, 2.24) is 35.7 Å². The Labute approximate surface area is 230 Å². The molecule has 1 aromatic heterocycles. The fourth-order valence-corrected chi connectivity index (χ4v) is 6.17. The molecule has 0 radical (unpaired) electrons. The van der Waals surface area contributed by atoms with Crippen LogP contribution < -0.4 is 16.0 Å². The van der Waals surface area contributed by atoms with Gasteiger partial charge < -0.3 is 20.9 Å². The molecule has 2 saturated heterocycles. The van der Waals surface area contributed by atoms with Crippen molar-refractivity contribution in [2.45, 2.75) is 31.7 Å². The fourth-order valence-electron chi connectivity index (χ4n) is 5.67. The first kappa shape index (κ1) is 26.7. The lowest BCUT2D eigenvalue weighted by Gasteiger charge is -2.39. The lowest BCUT2D eigenvalue weighted by Crippen LogP contribution is -2.54. The summed E-state index contributed by atoms with van der Waals surface area (Å²) in [5.41, 5.74) is 2.67. The topological polar surface area (TPSA) is 100 Å². The van der Waals surface area contributed by atoms with Gasteiger partial charge in [0.05, 0.1) is 0 Å². The summed E-state index contributed by atoms with van der Waals surface area (Å²) in [7, 11) is 1.78. The number of urea groups is 1. The molecule has 0 unspecified atom stereocenters. The standard InChI is InChI=1S/C27H34BrFN8O/c1-36-26(33-34-35-36)20-12-22(28)14-24(13-20)31-27(38)32-25-8-9-30-15-21(25)17-37-10-2-3-19(16-37)11-18-4-6-23(29)7-5-18/h4-7,12-14,19,21,25,30H,2-3,8-11,15-17H2,1H3,(H2,31,32,38)/t19-,21-,25+/m0/s1. The Bertz CT molecular complexity index is 1240. The summed E-state index contributed by atoms with van der Waals surface area (Å²) in [6.07, 6.45) is 4.22. The van der Waals surface area contributed by atoms with Crippen molar-refractivity contribution >= 4 is 27.6 Å². The maximum atomic E-state index is 13.3. The third kappa shape index (κ3) is 6.95. The molecule has 3 atom stereocenters. The predicted molar refractivity (Wildman–Crippen MR) is 148 cm³/mol. The van der Waals surface area contributed by atoms with E-state index >= 15 is 0 Å².